The van der Waals surface area contributed by atoms with Crippen molar-refractivity contribution >= 4 is 11.9 Å². The topological polar surface area (TPSA) is 74.6 Å². The molecule has 0 amide bonds. The lowest BCUT2D eigenvalue weighted by molar-refractivity contribution is -0.219. The Kier molecular flexibility index (Phi) is 4.21. The first kappa shape index (κ1) is 15.8. The summed E-state index contributed by atoms with van der Waals surface area (Å²) in [5, 5.41) is 20.2. The Morgan fingerprint density at radius 3 is 1.18 bits per heavy atom. The molecule has 22 heavy (non-hydrogen) atoms. The van der Waals surface area contributed by atoms with Crippen molar-refractivity contribution in [2.45, 2.75) is 77.0 Å². The molecule has 3 aliphatic carbocycles. The summed E-state index contributed by atoms with van der Waals surface area (Å²) < 4.78 is 0. The molecule has 0 spiro atoms. The second-order valence-electron chi connectivity index (χ2n) is 7.72. The van der Waals surface area contributed by atoms with E-state index in [0.717, 1.165) is 64.2 Å². The quantitative estimate of drug-likeness (QED) is 0.820. The molecule has 3 fully saturated rings. The number of carbonyl (C=O) groups is 2. The molecule has 3 saturated carbocycles. The van der Waals surface area contributed by atoms with Gasteiger partial charge in [0.25, 0.3) is 0 Å². The summed E-state index contributed by atoms with van der Waals surface area (Å²) in [5.41, 5.74) is -2.00. The van der Waals surface area contributed by atoms with E-state index in [1.54, 1.807) is 0 Å². The first-order valence-corrected chi connectivity index (χ1v) is 9.02. The van der Waals surface area contributed by atoms with Crippen molar-refractivity contribution in [3.05, 3.63) is 0 Å². The average Bonchev–Trinajstić information content (AvgIpc) is 2.48. The molecule has 2 atom stereocenters. The van der Waals surface area contributed by atoms with Gasteiger partial charge in [-0.2, -0.15) is 0 Å². The maximum atomic E-state index is 12.3. The van der Waals surface area contributed by atoms with Gasteiger partial charge in [0.2, 0.25) is 0 Å². The summed E-state index contributed by atoms with van der Waals surface area (Å²) in [6, 6.07) is 0. The van der Waals surface area contributed by atoms with Crippen molar-refractivity contribution in [1.29, 1.82) is 0 Å². The third-order valence-electron chi connectivity index (χ3n) is 7.08. The van der Waals surface area contributed by atoms with Crippen LogP contribution in [0, 0.1) is 22.7 Å². The van der Waals surface area contributed by atoms with Crippen LogP contribution < -0.4 is 0 Å². The largest absolute Gasteiger partial charge is 0.481 e. The van der Waals surface area contributed by atoms with Crippen LogP contribution >= 0.6 is 0 Å². The van der Waals surface area contributed by atoms with Crippen LogP contribution in [0.4, 0.5) is 0 Å². The van der Waals surface area contributed by atoms with E-state index in [-0.39, 0.29) is 11.8 Å². The summed E-state index contributed by atoms with van der Waals surface area (Å²) in [7, 11) is 0. The van der Waals surface area contributed by atoms with Gasteiger partial charge in [-0.15, -0.1) is 0 Å². The summed E-state index contributed by atoms with van der Waals surface area (Å²) in [6.07, 6.45) is 11.3. The third kappa shape index (κ3) is 2.02. The van der Waals surface area contributed by atoms with Crippen molar-refractivity contribution in [3.63, 3.8) is 0 Å². The smallest absolute Gasteiger partial charge is 0.311 e. The minimum absolute atomic E-state index is 0.0607. The van der Waals surface area contributed by atoms with E-state index < -0.39 is 22.8 Å². The monoisotopic (exact) mass is 308 g/mol. The maximum absolute atomic E-state index is 12.3. The van der Waals surface area contributed by atoms with Gasteiger partial charge in [-0.1, -0.05) is 38.5 Å². The van der Waals surface area contributed by atoms with Gasteiger partial charge in [-0.05, 0) is 50.4 Å². The van der Waals surface area contributed by atoms with Crippen molar-refractivity contribution in [2.75, 3.05) is 0 Å². The predicted octanol–water partition coefficient (Wildman–Crippen LogP) is 4.08. The Morgan fingerprint density at radius 2 is 0.955 bits per heavy atom. The number of carboxylic acids is 2. The summed E-state index contributed by atoms with van der Waals surface area (Å²) in [6.45, 7) is 0. The molecule has 0 bridgehead atoms. The first-order valence-electron chi connectivity index (χ1n) is 9.02. The van der Waals surface area contributed by atoms with E-state index in [9.17, 15) is 19.8 Å². The van der Waals surface area contributed by atoms with Crippen LogP contribution in [0.2, 0.25) is 0 Å². The Morgan fingerprint density at radius 1 is 0.636 bits per heavy atom. The van der Waals surface area contributed by atoms with Gasteiger partial charge in [0.15, 0.2) is 0 Å². The van der Waals surface area contributed by atoms with E-state index in [2.05, 4.69) is 0 Å². The standard InChI is InChI=1S/C18H28O4/c19-15(20)17(13-7-3-1-4-8-13)11-12-18(17,16(21)22)14-9-5-2-6-10-14/h13-14H,1-12H2,(H,19,20)(H,21,22). The number of carboxylic acid groups (broad SMARTS) is 2. The average molecular weight is 308 g/mol. The second-order valence-corrected chi connectivity index (χ2v) is 7.72. The highest BCUT2D eigenvalue weighted by atomic mass is 16.4. The lowest BCUT2D eigenvalue weighted by atomic mass is 9.38. The van der Waals surface area contributed by atoms with Crippen LogP contribution in [-0.4, -0.2) is 22.2 Å². The van der Waals surface area contributed by atoms with Crippen molar-refractivity contribution in [3.8, 4) is 0 Å². The molecule has 4 nitrogen and oxygen atoms in total. The van der Waals surface area contributed by atoms with Crippen LogP contribution in [0.25, 0.3) is 0 Å². The molecule has 3 rings (SSSR count). The number of aliphatic carboxylic acids is 2. The molecule has 124 valence electrons. The van der Waals surface area contributed by atoms with Crippen LogP contribution in [0.3, 0.4) is 0 Å². The van der Waals surface area contributed by atoms with Gasteiger partial charge in [0.05, 0.1) is 10.8 Å². The fourth-order valence-corrected chi connectivity index (χ4v) is 5.94. The van der Waals surface area contributed by atoms with E-state index in [1.807, 2.05) is 0 Å². The van der Waals surface area contributed by atoms with Crippen LogP contribution in [0.5, 0.6) is 0 Å². The van der Waals surface area contributed by atoms with E-state index in [0.29, 0.717) is 12.8 Å². The molecule has 0 aromatic rings. The lowest BCUT2D eigenvalue weighted by Gasteiger charge is -2.61. The van der Waals surface area contributed by atoms with Crippen molar-refractivity contribution in [2.24, 2.45) is 22.7 Å². The Balaban J connectivity index is 1.99. The molecule has 0 aliphatic heterocycles. The molecule has 0 heterocycles. The van der Waals surface area contributed by atoms with E-state index >= 15 is 0 Å². The van der Waals surface area contributed by atoms with Crippen LogP contribution in [0.15, 0.2) is 0 Å². The van der Waals surface area contributed by atoms with Gasteiger partial charge in [0, 0.05) is 0 Å². The molecule has 0 aromatic heterocycles. The molecule has 4 heteroatoms. The molecule has 2 unspecified atom stereocenters. The summed E-state index contributed by atoms with van der Waals surface area (Å²) in [5.74, 6) is -1.55. The Hall–Kier alpha value is -1.06. The van der Waals surface area contributed by atoms with Crippen molar-refractivity contribution < 1.29 is 19.8 Å². The second kappa shape index (κ2) is 5.86. The number of rotatable bonds is 4. The molecule has 0 radical (unpaired) electrons. The zero-order valence-electron chi connectivity index (χ0n) is 13.4. The summed E-state index contributed by atoms with van der Waals surface area (Å²) >= 11 is 0. The van der Waals surface area contributed by atoms with Gasteiger partial charge in [-0.3, -0.25) is 9.59 Å². The van der Waals surface area contributed by atoms with Crippen molar-refractivity contribution in [1.82, 2.24) is 0 Å². The summed E-state index contributed by atoms with van der Waals surface area (Å²) in [4.78, 5) is 24.6. The molecule has 0 saturated heterocycles. The zero-order valence-corrected chi connectivity index (χ0v) is 13.4. The Labute approximate surface area is 132 Å². The normalized spacial score (nSPS) is 37.5. The Bertz CT molecular complexity index is 406. The predicted molar refractivity (Wildman–Crippen MR) is 82.5 cm³/mol. The molecular formula is C18H28O4. The van der Waals surface area contributed by atoms with Crippen LogP contribution in [0.1, 0.15) is 77.0 Å². The van der Waals surface area contributed by atoms with E-state index in [4.69, 9.17) is 0 Å². The molecule has 3 aliphatic rings. The van der Waals surface area contributed by atoms with Gasteiger partial charge in [-0.25, -0.2) is 0 Å². The zero-order chi connectivity index (χ0) is 15.8. The highest BCUT2D eigenvalue weighted by Crippen LogP contribution is 2.68. The minimum Gasteiger partial charge on any atom is -0.481 e. The molecule has 0 aromatic carbocycles. The molecule has 2 N–H and O–H groups in total. The fourth-order valence-electron chi connectivity index (χ4n) is 5.94. The third-order valence-corrected chi connectivity index (χ3v) is 7.08. The van der Waals surface area contributed by atoms with Gasteiger partial charge in [0.1, 0.15) is 0 Å². The minimum atomic E-state index is -0.999. The van der Waals surface area contributed by atoms with Gasteiger partial charge < -0.3 is 10.2 Å². The lowest BCUT2D eigenvalue weighted by Crippen LogP contribution is -2.67. The molecular weight excluding hydrogens is 280 g/mol. The number of hydrogen-bond acceptors (Lipinski definition) is 2. The highest BCUT2D eigenvalue weighted by Gasteiger charge is 2.73. The van der Waals surface area contributed by atoms with Gasteiger partial charge >= 0.3 is 11.9 Å². The maximum Gasteiger partial charge on any atom is 0.311 e. The fraction of sp³-hybridized carbons (Fsp3) is 0.889. The van der Waals surface area contributed by atoms with Crippen LogP contribution in [-0.2, 0) is 9.59 Å². The number of hydrogen-bond donors (Lipinski definition) is 2. The van der Waals surface area contributed by atoms with E-state index in [1.165, 1.54) is 0 Å². The highest BCUT2D eigenvalue weighted by molar-refractivity contribution is 5.89. The SMILES string of the molecule is O=C(O)C1(C2CCCCC2)CCC1(C(=O)O)C1CCCCC1. The first-order chi connectivity index (χ1) is 10.6.